The molecule has 1 aromatic heterocycles. The van der Waals surface area contributed by atoms with E-state index < -0.39 is 0 Å². The first-order chi connectivity index (χ1) is 10.7. The molecular weight excluding hydrogens is 308 g/mol. The summed E-state index contributed by atoms with van der Waals surface area (Å²) in [4.78, 5) is 4.11. The van der Waals surface area contributed by atoms with Crippen LogP contribution in [0.1, 0.15) is 42.9 Å². The van der Waals surface area contributed by atoms with E-state index >= 15 is 0 Å². The summed E-state index contributed by atoms with van der Waals surface area (Å²) >= 11 is 0. The standard InChI is InChI=1S/C19H26N2O.ClH/c1-15(2)18-8-7-16(3)12-19(18)22-11-5-10-21-14-17-6-4-9-20-13-17;/h4,6-9,12-13,15,21H,5,10-11,14H2,1-3H3;1H/p-1. The van der Waals surface area contributed by atoms with Gasteiger partial charge in [-0.2, -0.15) is 0 Å². The predicted molar refractivity (Wildman–Crippen MR) is 91.3 cm³/mol. The van der Waals surface area contributed by atoms with Gasteiger partial charge in [-0.1, -0.05) is 32.0 Å². The zero-order valence-electron chi connectivity index (χ0n) is 14.2. The molecule has 1 aromatic carbocycles. The van der Waals surface area contributed by atoms with Crippen LogP contribution >= 0.6 is 0 Å². The third-order valence-electron chi connectivity index (χ3n) is 3.60. The Morgan fingerprint density at radius 3 is 2.74 bits per heavy atom. The van der Waals surface area contributed by atoms with E-state index in [-0.39, 0.29) is 12.4 Å². The summed E-state index contributed by atoms with van der Waals surface area (Å²) in [5.41, 5.74) is 3.74. The maximum absolute atomic E-state index is 5.98. The van der Waals surface area contributed by atoms with E-state index in [1.54, 1.807) is 6.20 Å². The second kappa shape index (κ2) is 10.2. The Kier molecular flexibility index (Phi) is 8.67. The molecule has 0 aliphatic rings. The van der Waals surface area contributed by atoms with Gasteiger partial charge in [0.1, 0.15) is 5.75 Å². The van der Waals surface area contributed by atoms with Gasteiger partial charge in [-0.25, -0.2) is 0 Å². The number of nitrogens with zero attached hydrogens (tertiary/aromatic N) is 1. The lowest BCUT2D eigenvalue weighted by atomic mass is 10.0. The molecule has 0 bridgehead atoms. The minimum absolute atomic E-state index is 0. The Morgan fingerprint density at radius 1 is 1.22 bits per heavy atom. The number of halogens is 1. The smallest absolute Gasteiger partial charge is 0.122 e. The lowest BCUT2D eigenvalue weighted by molar-refractivity contribution is -0.00000534. The van der Waals surface area contributed by atoms with E-state index in [2.05, 4.69) is 55.3 Å². The summed E-state index contributed by atoms with van der Waals surface area (Å²) in [7, 11) is 0. The number of ether oxygens (including phenoxy) is 1. The molecule has 0 unspecified atom stereocenters. The monoisotopic (exact) mass is 333 g/mol. The van der Waals surface area contributed by atoms with Crippen molar-refractivity contribution in [1.29, 1.82) is 0 Å². The second-order valence-corrected chi connectivity index (χ2v) is 5.94. The van der Waals surface area contributed by atoms with Gasteiger partial charge in [-0.05, 0) is 54.6 Å². The average molecular weight is 334 g/mol. The summed E-state index contributed by atoms with van der Waals surface area (Å²) in [5, 5.41) is 3.42. The van der Waals surface area contributed by atoms with Gasteiger partial charge in [0.25, 0.3) is 0 Å². The predicted octanol–water partition coefficient (Wildman–Crippen LogP) is 1.08. The van der Waals surface area contributed by atoms with Crippen LogP contribution in [0.2, 0.25) is 0 Å². The molecule has 23 heavy (non-hydrogen) atoms. The molecular formula is C19H26ClN2O-. The SMILES string of the molecule is Cc1ccc(C(C)C)c(OCCCNCc2cccnc2)c1.[Cl-]. The average Bonchev–Trinajstić information content (AvgIpc) is 2.51. The van der Waals surface area contributed by atoms with E-state index in [0.717, 1.165) is 31.9 Å². The number of nitrogens with one attached hydrogen (secondary N) is 1. The number of aromatic nitrogens is 1. The van der Waals surface area contributed by atoms with Crippen molar-refractivity contribution < 1.29 is 17.1 Å². The molecule has 2 rings (SSSR count). The highest BCUT2D eigenvalue weighted by atomic mass is 35.5. The van der Waals surface area contributed by atoms with Gasteiger partial charge in [0.15, 0.2) is 0 Å². The molecule has 2 aromatic rings. The molecule has 0 aliphatic heterocycles. The van der Waals surface area contributed by atoms with Crippen LogP contribution < -0.4 is 22.5 Å². The number of pyridine rings is 1. The Hall–Kier alpha value is -1.58. The van der Waals surface area contributed by atoms with Crippen LogP contribution in [0.25, 0.3) is 0 Å². The number of hydrogen-bond acceptors (Lipinski definition) is 3. The highest BCUT2D eigenvalue weighted by Gasteiger charge is 2.07. The van der Waals surface area contributed by atoms with Gasteiger partial charge < -0.3 is 22.5 Å². The van der Waals surface area contributed by atoms with Crippen molar-refractivity contribution in [2.75, 3.05) is 13.2 Å². The fraction of sp³-hybridized carbons (Fsp3) is 0.421. The summed E-state index contributed by atoms with van der Waals surface area (Å²) in [5.74, 6) is 1.52. The molecule has 1 heterocycles. The van der Waals surface area contributed by atoms with E-state index in [1.807, 2.05) is 12.3 Å². The highest BCUT2D eigenvalue weighted by molar-refractivity contribution is 5.39. The minimum atomic E-state index is 0. The minimum Gasteiger partial charge on any atom is -1.00 e. The van der Waals surface area contributed by atoms with E-state index in [4.69, 9.17) is 4.74 Å². The molecule has 1 N–H and O–H groups in total. The Labute approximate surface area is 145 Å². The summed E-state index contributed by atoms with van der Waals surface area (Å²) in [6.07, 6.45) is 4.68. The topological polar surface area (TPSA) is 34.1 Å². The highest BCUT2D eigenvalue weighted by Crippen LogP contribution is 2.27. The van der Waals surface area contributed by atoms with Crippen molar-refractivity contribution in [2.45, 2.75) is 39.7 Å². The molecule has 0 fully saturated rings. The zero-order chi connectivity index (χ0) is 15.8. The first-order valence-electron chi connectivity index (χ1n) is 8.00. The van der Waals surface area contributed by atoms with Gasteiger partial charge in [0.05, 0.1) is 6.61 Å². The van der Waals surface area contributed by atoms with E-state index in [0.29, 0.717) is 5.92 Å². The van der Waals surface area contributed by atoms with Crippen LogP contribution in [-0.2, 0) is 6.54 Å². The van der Waals surface area contributed by atoms with Gasteiger partial charge in [0.2, 0.25) is 0 Å². The van der Waals surface area contributed by atoms with Crippen molar-refractivity contribution in [3.05, 3.63) is 59.4 Å². The quantitative estimate of drug-likeness (QED) is 0.734. The summed E-state index contributed by atoms with van der Waals surface area (Å²) in [6.45, 7) is 9.04. The summed E-state index contributed by atoms with van der Waals surface area (Å²) in [6, 6.07) is 10.5. The first-order valence-corrected chi connectivity index (χ1v) is 8.00. The zero-order valence-corrected chi connectivity index (χ0v) is 14.9. The molecule has 0 atom stereocenters. The molecule has 0 saturated carbocycles. The van der Waals surface area contributed by atoms with Crippen LogP contribution in [0.15, 0.2) is 42.7 Å². The van der Waals surface area contributed by atoms with E-state index in [1.165, 1.54) is 16.7 Å². The van der Waals surface area contributed by atoms with Gasteiger partial charge in [-0.15, -0.1) is 0 Å². The van der Waals surface area contributed by atoms with Crippen molar-refractivity contribution >= 4 is 0 Å². The first kappa shape index (κ1) is 19.5. The maximum atomic E-state index is 5.98. The Morgan fingerprint density at radius 2 is 2.04 bits per heavy atom. The normalized spacial score (nSPS) is 10.4. The van der Waals surface area contributed by atoms with Gasteiger partial charge in [-0.3, -0.25) is 4.98 Å². The largest absolute Gasteiger partial charge is 1.00 e. The molecule has 4 heteroatoms. The fourth-order valence-corrected chi connectivity index (χ4v) is 2.36. The lowest BCUT2D eigenvalue weighted by Crippen LogP contribution is -3.00. The molecule has 0 saturated heterocycles. The fourth-order valence-electron chi connectivity index (χ4n) is 2.36. The van der Waals surface area contributed by atoms with E-state index in [9.17, 15) is 0 Å². The molecule has 0 aliphatic carbocycles. The van der Waals surface area contributed by atoms with Crippen LogP contribution in [0.5, 0.6) is 5.75 Å². The molecule has 0 radical (unpaired) electrons. The van der Waals surface area contributed by atoms with Crippen molar-refractivity contribution in [1.82, 2.24) is 10.3 Å². The van der Waals surface area contributed by atoms with Gasteiger partial charge >= 0.3 is 0 Å². The molecule has 0 spiro atoms. The Balaban J connectivity index is 0.00000264. The van der Waals surface area contributed by atoms with Crippen LogP contribution in [0.4, 0.5) is 0 Å². The number of rotatable bonds is 8. The summed E-state index contributed by atoms with van der Waals surface area (Å²) < 4.78 is 5.98. The Bertz CT molecular complexity index is 573. The van der Waals surface area contributed by atoms with Gasteiger partial charge in [0, 0.05) is 18.9 Å². The van der Waals surface area contributed by atoms with Crippen molar-refractivity contribution in [3.8, 4) is 5.75 Å². The number of hydrogen-bond donors (Lipinski definition) is 1. The molecule has 126 valence electrons. The van der Waals surface area contributed by atoms with Crippen molar-refractivity contribution in [3.63, 3.8) is 0 Å². The number of aryl methyl sites for hydroxylation is 1. The van der Waals surface area contributed by atoms with Crippen LogP contribution in [0, 0.1) is 6.92 Å². The van der Waals surface area contributed by atoms with Crippen molar-refractivity contribution in [2.24, 2.45) is 0 Å². The molecule has 0 amide bonds. The third kappa shape index (κ3) is 6.59. The molecule has 3 nitrogen and oxygen atoms in total. The third-order valence-corrected chi connectivity index (χ3v) is 3.60. The lowest BCUT2D eigenvalue weighted by Gasteiger charge is -2.15. The second-order valence-electron chi connectivity index (χ2n) is 5.94. The van der Waals surface area contributed by atoms with Crippen LogP contribution in [-0.4, -0.2) is 18.1 Å². The van der Waals surface area contributed by atoms with Crippen LogP contribution in [0.3, 0.4) is 0 Å². The number of benzene rings is 1. The maximum Gasteiger partial charge on any atom is 0.122 e.